The molecule has 0 saturated carbocycles. The Morgan fingerprint density at radius 3 is 2.70 bits per heavy atom. The molecule has 4 heterocycles. The molecule has 3 aliphatic rings. The topological polar surface area (TPSA) is 75.6 Å². The lowest BCUT2D eigenvalue weighted by molar-refractivity contribution is -0.114. The molecule has 0 aliphatic carbocycles. The van der Waals surface area contributed by atoms with Crippen LogP contribution < -0.4 is 9.80 Å². The molecule has 3 aliphatic heterocycles. The normalized spacial score (nSPS) is 22.6. The van der Waals surface area contributed by atoms with Gasteiger partial charge in [0.15, 0.2) is 5.78 Å². The molecule has 5 rings (SSSR count). The number of amides is 1. The smallest absolute Gasteiger partial charge is 0.259 e. The first kappa shape index (κ1) is 22.0. The molecule has 1 aromatic carbocycles. The molecule has 1 aromatic heterocycles. The minimum Gasteiger partial charge on any atom is -0.378 e. The average molecular weight is 467 g/mol. The van der Waals surface area contributed by atoms with E-state index < -0.39 is 0 Å². The number of aromatic nitrogens is 2. The van der Waals surface area contributed by atoms with Crippen LogP contribution >= 0.6 is 11.6 Å². The van der Waals surface area contributed by atoms with Crippen LogP contribution in [0.5, 0.6) is 0 Å². The summed E-state index contributed by atoms with van der Waals surface area (Å²) >= 11 is 6.42. The molecule has 1 atom stereocenters. The van der Waals surface area contributed by atoms with Crippen LogP contribution in [0.3, 0.4) is 0 Å². The molecule has 0 spiro atoms. The molecule has 7 nitrogen and oxygen atoms in total. The number of carbonyl (C=O) groups is 2. The van der Waals surface area contributed by atoms with Gasteiger partial charge in [-0.2, -0.15) is 0 Å². The number of anilines is 2. The van der Waals surface area contributed by atoms with Crippen molar-refractivity contribution >= 4 is 40.5 Å². The van der Waals surface area contributed by atoms with E-state index in [4.69, 9.17) is 16.3 Å². The lowest BCUT2D eigenvalue weighted by Crippen LogP contribution is -2.49. The molecule has 1 saturated heterocycles. The molecule has 2 aromatic rings. The summed E-state index contributed by atoms with van der Waals surface area (Å²) < 4.78 is 5.38. The second kappa shape index (κ2) is 7.92. The zero-order chi connectivity index (χ0) is 23.5. The van der Waals surface area contributed by atoms with E-state index in [1.165, 1.54) is 6.08 Å². The molecule has 0 N–H and O–H groups in total. The lowest BCUT2D eigenvalue weighted by atomic mass is 9.80. The molecule has 0 bridgehead atoms. The number of hydrogen-bond acceptors (Lipinski definition) is 6. The molecular formula is C25H27ClN4O3. The lowest BCUT2D eigenvalue weighted by Gasteiger charge is -2.43. The highest BCUT2D eigenvalue weighted by atomic mass is 35.5. The monoisotopic (exact) mass is 466 g/mol. The highest BCUT2D eigenvalue weighted by Gasteiger charge is 2.47. The standard InChI is InChI=1S/C25H27ClN4O3/c1-14-12-25(3,4)30-22-17(14)9-16(26)10-18(22)19(23(30)32)11-21(31)20-13-27-24(28-15(20)2)29-5-7-33-8-6-29/h9-11,13-14H,5-8,12H2,1-4H3/b19-11+. The van der Waals surface area contributed by atoms with Crippen LogP contribution in [0.2, 0.25) is 5.02 Å². The Hall–Kier alpha value is -2.77. The third-order valence-corrected chi connectivity index (χ3v) is 7.01. The molecule has 172 valence electrons. The van der Waals surface area contributed by atoms with Crippen LogP contribution in [0.15, 0.2) is 24.4 Å². The Kier molecular flexibility index (Phi) is 5.29. The van der Waals surface area contributed by atoms with Crippen LogP contribution in [0.25, 0.3) is 5.57 Å². The van der Waals surface area contributed by atoms with Crippen molar-refractivity contribution < 1.29 is 14.3 Å². The Labute approximate surface area is 198 Å². The Morgan fingerprint density at radius 1 is 1.27 bits per heavy atom. The maximum absolute atomic E-state index is 13.5. The van der Waals surface area contributed by atoms with Gasteiger partial charge >= 0.3 is 0 Å². The number of ketones is 1. The third-order valence-electron chi connectivity index (χ3n) is 6.79. The van der Waals surface area contributed by atoms with Crippen molar-refractivity contribution in [2.24, 2.45) is 0 Å². The molecule has 8 heteroatoms. The first-order chi connectivity index (χ1) is 15.7. The van der Waals surface area contributed by atoms with Gasteiger partial charge in [0, 0.05) is 35.4 Å². The van der Waals surface area contributed by atoms with Crippen LogP contribution in [0, 0.1) is 6.92 Å². The zero-order valence-electron chi connectivity index (χ0n) is 19.3. The van der Waals surface area contributed by atoms with Crippen molar-refractivity contribution in [3.8, 4) is 0 Å². The van der Waals surface area contributed by atoms with Gasteiger partial charge in [0.2, 0.25) is 5.95 Å². The number of ether oxygens (including phenoxy) is 1. The van der Waals surface area contributed by atoms with Gasteiger partial charge in [0.05, 0.1) is 35.7 Å². The number of morpholine rings is 1. The summed E-state index contributed by atoms with van der Waals surface area (Å²) in [5.41, 5.74) is 3.64. The fourth-order valence-corrected chi connectivity index (χ4v) is 5.50. The van der Waals surface area contributed by atoms with E-state index in [1.807, 2.05) is 15.9 Å². The number of nitrogens with zero attached hydrogens (tertiary/aromatic N) is 4. The predicted molar refractivity (Wildman–Crippen MR) is 128 cm³/mol. The van der Waals surface area contributed by atoms with E-state index in [2.05, 4.69) is 30.7 Å². The molecule has 1 fully saturated rings. The number of rotatable bonds is 3. The van der Waals surface area contributed by atoms with Gasteiger partial charge in [-0.25, -0.2) is 9.97 Å². The quantitative estimate of drug-likeness (QED) is 0.499. The van der Waals surface area contributed by atoms with E-state index in [0.717, 1.165) is 36.3 Å². The summed E-state index contributed by atoms with van der Waals surface area (Å²) in [7, 11) is 0. The average Bonchev–Trinajstić information content (AvgIpc) is 3.04. The minimum atomic E-state index is -0.358. The van der Waals surface area contributed by atoms with Crippen molar-refractivity contribution in [3.63, 3.8) is 0 Å². The number of benzene rings is 1. The Morgan fingerprint density at radius 2 is 2.00 bits per heavy atom. The van der Waals surface area contributed by atoms with Crippen molar-refractivity contribution in [2.75, 3.05) is 36.1 Å². The van der Waals surface area contributed by atoms with E-state index in [0.29, 0.717) is 41.0 Å². The highest BCUT2D eigenvalue weighted by molar-refractivity contribution is 6.38. The van der Waals surface area contributed by atoms with Gasteiger partial charge in [-0.15, -0.1) is 0 Å². The second-order valence-corrected chi connectivity index (χ2v) is 10.1. The fourth-order valence-electron chi connectivity index (χ4n) is 5.28. The zero-order valence-corrected chi connectivity index (χ0v) is 20.1. The van der Waals surface area contributed by atoms with Crippen molar-refractivity contribution in [1.82, 2.24) is 9.97 Å². The van der Waals surface area contributed by atoms with Gasteiger partial charge in [-0.3, -0.25) is 9.59 Å². The predicted octanol–water partition coefficient (Wildman–Crippen LogP) is 4.17. The van der Waals surface area contributed by atoms with Gasteiger partial charge in [-0.05, 0) is 56.9 Å². The van der Waals surface area contributed by atoms with Gasteiger partial charge < -0.3 is 14.5 Å². The molecule has 1 amide bonds. The number of hydrogen-bond donors (Lipinski definition) is 0. The maximum atomic E-state index is 13.5. The summed E-state index contributed by atoms with van der Waals surface area (Å²) in [6, 6.07) is 3.73. The number of allylic oxidation sites excluding steroid dienone is 1. The summed E-state index contributed by atoms with van der Waals surface area (Å²) in [6.07, 6.45) is 3.80. The molecular weight excluding hydrogens is 440 g/mol. The highest BCUT2D eigenvalue weighted by Crippen LogP contribution is 2.52. The molecule has 0 radical (unpaired) electrons. The van der Waals surface area contributed by atoms with Crippen LogP contribution in [-0.4, -0.2) is 53.5 Å². The molecule has 1 unspecified atom stereocenters. The summed E-state index contributed by atoms with van der Waals surface area (Å²) in [5, 5.41) is 0.567. The van der Waals surface area contributed by atoms with E-state index >= 15 is 0 Å². The number of halogens is 1. The van der Waals surface area contributed by atoms with Crippen LogP contribution in [0.1, 0.15) is 60.3 Å². The number of aryl methyl sites for hydroxylation is 1. The van der Waals surface area contributed by atoms with Crippen molar-refractivity contribution in [1.29, 1.82) is 0 Å². The van der Waals surface area contributed by atoms with Crippen molar-refractivity contribution in [3.05, 3.63) is 51.8 Å². The van der Waals surface area contributed by atoms with E-state index in [1.54, 1.807) is 19.2 Å². The Bertz CT molecular complexity index is 1200. The summed E-state index contributed by atoms with van der Waals surface area (Å²) in [6.45, 7) is 10.8. The van der Waals surface area contributed by atoms with E-state index in [-0.39, 0.29) is 23.1 Å². The third kappa shape index (κ3) is 3.63. The summed E-state index contributed by atoms with van der Waals surface area (Å²) in [4.78, 5) is 39.7. The summed E-state index contributed by atoms with van der Waals surface area (Å²) in [5.74, 6) is 0.396. The van der Waals surface area contributed by atoms with Crippen molar-refractivity contribution in [2.45, 2.75) is 45.6 Å². The first-order valence-electron chi connectivity index (χ1n) is 11.3. The first-order valence-corrected chi connectivity index (χ1v) is 11.7. The largest absolute Gasteiger partial charge is 0.378 e. The van der Waals surface area contributed by atoms with Gasteiger partial charge in [0.25, 0.3) is 5.91 Å². The SMILES string of the molecule is Cc1nc(N2CCOCC2)ncc1C(=O)/C=C1/C(=O)N2c3c1cc(Cl)cc3C(C)CC2(C)C. The van der Waals surface area contributed by atoms with E-state index in [9.17, 15) is 9.59 Å². The van der Waals surface area contributed by atoms with Gasteiger partial charge in [-0.1, -0.05) is 18.5 Å². The fraction of sp³-hybridized carbons (Fsp3) is 0.440. The van der Waals surface area contributed by atoms with Crippen LogP contribution in [-0.2, 0) is 9.53 Å². The molecule has 33 heavy (non-hydrogen) atoms. The maximum Gasteiger partial charge on any atom is 0.259 e. The number of carbonyl (C=O) groups excluding carboxylic acids is 2. The van der Waals surface area contributed by atoms with Crippen LogP contribution in [0.4, 0.5) is 11.6 Å². The second-order valence-electron chi connectivity index (χ2n) is 9.64. The Balaban J connectivity index is 1.54. The minimum absolute atomic E-state index is 0.165. The van der Waals surface area contributed by atoms with Gasteiger partial charge in [0.1, 0.15) is 0 Å².